The highest BCUT2D eigenvalue weighted by atomic mass is 32.1. The number of hydrogen-bond donors (Lipinski definition) is 1. The van der Waals surface area contributed by atoms with Gasteiger partial charge in [-0.15, -0.1) is 0 Å². The molecular formula is C29H34O5S. The van der Waals surface area contributed by atoms with Crippen molar-refractivity contribution < 1.29 is 23.7 Å². The second kappa shape index (κ2) is 13.2. The predicted octanol–water partition coefficient (Wildman–Crippen LogP) is 5.44. The SMILES string of the molecule is CO[C@H]1OC(CS)(COCc2ccccc2)CC(OCc2ccccc2)C1OCc1ccccc1. The maximum Gasteiger partial charge on any atom is 0.186 e. The van der Waals surface area contributed by atoms with Crippen LogP contribution in [0.25, 0.3) is 0 Å². The largest absolute Gasteiger partial charge is 0.374 e. The van der Waals surface area contributed by atoms with E-state index in [4.69, 9.17) is 23.7 Å². The van der Waals surface area contributed by atoms with E-state index in [0.29, 0.717) is 38.6 Å². The lowest BCUT2D eigenvalue weighted by Gasteiger charge is -2.47. The van der Waals surface area contributed by atoms with Crippen LogP contribution < -0.4 is 0 Å². The van der Waals surface area contributed by atoms with Crippen LogP contribution in [-0.4, -0.2) is 43.6 Å². The van der Waals surface area contributed by atoms with Gasteiger partial charge in [0.2, 0.25) is 0 Å². The quantitative estimate of drug-likeness (QED) is 0.340. The molecule has 6 heteroatoms. The first-order chi connectivity index (χ1) is 17.2. The van der Waals surface area contributed by atoms with Crippen LogP contribution in [0.3, 0.4) is 0 Å². The number of methoxy groups -OCH3 is 1. The Kier molecular flexibility index (Phi) is 9.77. The van der Waals surface area contributed by atoms with Crippen molar-refractivity contribution in [2.75, 3.05) is 19.5 Å². The van der Waals surface area contributed by atoms with E-state index >= 15 is 0 Å². The fraction of sp³-hybridized carbons (Fsp3) is 0.379. The van der Waals surface area contributed by atoms with Crippen LogP contribution in [0.15, 0.2) is 91.0 Å². The number of rotatable bonds is 12. The average Bonchev–Trinajstić information content (AvgIpc) is 2.92. The Morgan fingerprint density at radius 3 is 1.80 bits per heavy atom. The van der Waals surface area contributed by atoms with Crippen molar-refractivity contribution in [2.24, 2.45) is 0 Å². The highest BCUT2D eigenvalue weighted by Gasteiger charge is 2.48. The van der Waals surface area contributed by atoms with Crippen LogP contribution >= 0.6 is 12.6 Å². The first-order valence-electron chi connectivity index (χ1n) is 12.0. The molecule has 4 atom stereocenters. The lowest BCUT2D eigenvalue weighted by Crippen LogP contribution is -2.59. The molecule has 0 aliphatic carbocycles. The Hall–Kier alpha value is -2.19. The minimum absolute atomic E-state index is 0.259. The second-order valence-corrected chi connectivity index (χ2v) is 9.16. The van der Waals surface area contributed by atoms with E-state index in [-0.39, 0.29) is 6.10 Å². The van der Waals surface area contributed by atoms with E-state index < -0.39 is 18.0 Å². The van der Waals surface area contributed by atoms with E-state index in [1.807, 2.05) is 78.9 Å². The van der Waals surface area contributed by atoms with Crippen molar-refractivity contribution in [2.45, 2.75) is 50.3 Å². The fourth-order valence-corrected chi connectivity index (χ4v) is 4.55. The second-order valence-electron chi connectivity index (χ2n) is 8.84. The van der Waals surface area contributed by atoms with Gasteiger partial charge in [0.25, 0.3) is 0 Å². The van der Waals surface area contributed by atoms with Gasteiger partial charge in [-0.25, -0.2) is 0 Å². The van der Waals surface area contributed by atoms with Crippen LogP contribution in [-0.2, 0) is 43.5 Å². The maximum absolute atomic E-state index is 6.47. The molecule has 5 nitrogen and oxygen atoms in total. The van der Waals surface area contributed by atoms with Crippen LogP contribution in [0, 0.1) is 0 Å². The molecule has 3 aromatic carbocycles. The van der Waals surface area contributed by atoms with E-state index in [9.17, 15) is 0 Å². The molecule has 0 aromatic heterocycles. The van der Waals surface area contributed by atoms with E-state index in [2.05, 4.69) is 24.8 Å². The molecule has 35 heavy (non-hydrogen) atoms. The zero-order valence-electron chi connectivity index (χ0n) is 20.1. The molecule has 0 saturated carbocycles. The smallest absolute Gasteiger partial charge is 0.186 e. The molecule has 186 valence electrons. The van der Waals surface area contributed by atoms with Gasteiger partial charge in [-0.2, -0.15) is 12.6 Å². The zero-order valence-corrected chi connectivity index (χ0v) is 21.0. The first-order valence-corrected chi connectivity index (χ1v) is 12.6. The molecule has 4 rings (SSSR count). The van der Waals surface area contributed by atoms with Crippen LogP contribution in [0.1, 0.15) is 23.1 Å². The molecule has 1 saturated heterocycles. The minimum atomic E-state index is -0.660. The number of hydrogen-bond acceptors (Lipinski definition) is 6. The molecule has 1 aliphatic rings. The summed E-state index contributed by atoms with van der Waals surface area (Å²) in [5.74, 6) is 0.470. The molecule has 1 heterocycles. The van der Waals surface area contributed by atoms with Gasteiger partial charge in [-0.3, -0.25) is 0 Å². The van der Waals surface area contributed by atoms with Gasteiger partial charge in [-0.1, -0.05) is 91.0 Å². The Balaban J connectivity index is 1.48. The molecule has 3 aromatic rings. The Morgan fingerprint density at radius 2 is 1.29 bits per heavy atom. The third-order valence-corrected chi connectivity index (χ3v) is 6.74. The summed E-state index contributed by atoms with van der Waals surface area (Å²) in [6, 6.07) is 30.3. The molecule has 0 amide bonds. The number of benzene rings is 3. The monoisotopic (exact) mass is 494 g/mol. The van der Waals surface area contributed by atoms with Gasteiger partial charge < -0.3 is 23.7 Å². The molecule has 0 N–H and O–H groups in total. The highest BCUT2D eigenvalue weighted by Crippen LogP contribution is 2.35. The zero-order chi connectivity index (χ0) is 24.3. The van der Waals surface area contributed by atoms with Crippen molar-refractivity contribution in [3.8, 4) is 0 Å². The summed E-state index contributed by atoms with van der Waals surface area (Å²) in [5.41, 5.74) is 2.64. The van der Waals surface area contributed by atoms with Crippen LogP contribution in [0.5, 0.6) is 0 Å². The minimum Gasteiger partial charge on any atom is -0.374 e. The molecule has 1 fully saturated rings. The topological polar surface area (TPSA) is 46.2 Å². The first kappa shape index (κ1) is 25.9. The van der Waals surface area contributed by atoms with E-state index in [1.165, 1.54) is 0 Å². The van der Waals surface area contributed by atoms with Gasteiger partial charge in [0, 0.05) is 19.3 Å². The van der Waals surface area contributed by atoms with Crippen molar-refractivity contribution in [1.29, 1.82) is 0 Å². The van der Waals surface area contributed by atoms with E-state index in [0.717, 1.165) is 16.7 Å². The van der Waals surface area contributed by atoms with Crippen molar-refractivity contribution >= 4 is 12.6 Å². The summed E-state index contributed by atoms with van der Waals surface area (Å²) in [6.45, 7) is 1.79. The summed E-state index contributed by atoms with van der Waals surface area (Å²) >= 11 is 4.65. The molecule has 1 aliphatic heterocycles. The van der Waals surface area contributed by atoms with Gasteiger partial charge in [-0.05, 0) is 16.7 Å². The van der Waals surface area contributed by atoms with E-state index in [1.54, 1.807) is 7.11 Å². The molecule has 0 spiro atoms. The van der Waals surface area contributed by atoms with Gasteiger partial charge >= 0.3 is 0 Å². The molecule has 0 radical (unpaired) electrons. The molecule has 3 unspecified atom stereocenters. The maximum atomic E-state index is 6.47. The Morgan fingerprint density at radius 1 is 0.771 bits per heavy atom. The summed E-state index contributed by atoms with van der Waals surface area (Å²) in [4.78, 5) is 0. The standard InChI is InChI=1S/C29H34O5S/c1-30-28-27(33-20-25-15-9-4-10-16-25)26(32-19-24-13-7-3-8-14-24)17-29(22-35,34-28)21-31-18-23-11-5-2-6-12-23/h2-16,26-28,35H,17-22H2,1H3/t26?,27?,28-,29?/m0/s1. The van der Waals surface area contributed by atoms with Crippen LogP contribution in [0.2, 0.25) is 0 Å². The Labute approximate surface area is 213 Å². The summed E-state index contributed by atoms with van der Waals surface area (Å²) in [5, 5.41) is 0. The Bertz CT molecular complexity index is 988. The normalized spacial score (nSPS) is 24.3. The average molecular weight is 495 g/mol. The molecular weight excluding hydrogens is 460 g/mol. The predicted molar refractivity (Wildman–Crippen MR) is 139 cm³/mol. The highest BCUT2D eigenvalue weighted by molar-refractivity contribution is 7.80. The van der Waals surface area contributed by atoms with Gasteiger partial charge in [0.15, 0.2) is 6.29 Å². The third kappa shape index (κ3) is 7.40. The van der Waals surface area contributed by atoms with Gasteiger partial charge in [0.05, 0.1) is 32.5 Å². The van der Waals surface area contributed by atoms with Crippen molar-refractivity contribution in [3.05, 3.63) is 108 Å². The summed E-state index contributed by atoms with van der Waals surface area (Å²) in [7, 11) is 1.64. The lowest BCUT2D eigenvalue weighted by molar-refractivity contribution is -0.312. The third-order valence-electron chi connectivity index (χ3n) is 6.16. The molecule has 0 bridgehead atoms. The summed E-state index contributed by atoms with van der Waals surface area (Å²) in [6.07, 6.45) is -0.686. The lowest BCUT2D eigenvalue weighted by atomic mass is 9.91. The van der Waals surface area contributed by atoms with Crippen molar-refractivity contribution in [1.82, 2.24) is 0 Å². The summed E-state index contributed by atoms with van der Waals surface area (Å²) < 4.78 is 31.1. The number of thiol groups is 1. The number of ether oxygens (including phenoxy) is 5. The fourth-order valence-electron chi connectivity index (χ4n) is 4.26. The van der Waals surface area contributed by atoms with Crippen molar-refractivity contribution in [3.63, 3.8) is 0 Å². The van der Waals surface area contributed by atoms with Crippen LogP contribution in [0.4, 0.5) is 0 Å². The van der Waals surface area contributed by atoms with Gasteiger partial charge in [0.1, 0.15) is 11.7 Å².